The molecule has 2 heterocycles. The molecule has 142 valence electrons. The number of benzene rings is 2. The van der Waals surface area contributed by atoms with E-state index in [0.717, 1.165) is 44.8 Å². The highest BCUT2D eigenvalue weighted by molar-refractivity contribution is 9.10. The largest absolute Gasteiger partial charge is 0.464 e. The molecule has 4 aromatic rings. The molecular formula is C23H22BrN3O. The van der Waals surface area contributed by atoms with Crippen LogP contribution in [0.1, 0.15) is 36.8 Å². The van der Waals surface area contributed by atoms with Crippen molar-refractivity contribution in [2.75, 3.05) is 5.32 Å². The summed E-state index contributed by atoms with van der Waals surface area (Å²) < 4.78 is 6.71. The number of nitrogens with one attached hydrogen (secondary N) is 1. The van der Waals surface area contributed by atoms with Crippen LogP contribution in [0.15, 0.2) is 63.7 Å². The van der Waals surface area contributed by atoms with E-state index in [4.69, 9.17) is 4.42 Å². The van der Waals surface area contributed by atoms with E-state index in [9.17, 15) is 0 Å². The number of halogens is 1. The first-order valence-corrected chi connectivity index (χ1v) is 10.2. The highest BCUT2D eigenvalue weighted by Crippen LogP contribution is 2.29. The number of fused-ring (bicyclic) bond motifs is 1. The lowest BCUT2D eigenvalue weighted by molar-refractivity contribution is 0.611. The van der Waals surface area contributed by atoms with Gasteiger partial charge in [-0.15, -0.1) is 0 Å². The number of aryl methyl sites for hydroxylation is 2. The summed E-state index contributed by atoms with van der Waals surface area (Å²) in [6.07, 6.45) is 2.78. The highest BCUT2D eigenvalue weighted by Gasteiger charge is 2.11. The van der Waals surface area contributed by atoms with Crippen LogP contribution in [0.2, 0.25) is 0 Å². The summed E-state index contributed by atoms with van der Waals surface area (Å²) in [5.41, 5.74) is 5.28. The van der Waals surface area contributed by atoms with E-state index >= 15 is 0 Å². The first-order valence-electron chi connectivity index (χ1n) is 9.41. The summed E-state index contributed by atoms with van der Waals surface area (Å²) >= 11 is 3.54. The first kappa shape index (κ1) is 18.7. The van der Waals surface area contributed by atoms with Gasteiger partial charge in [-0.3, -0.25) is 0 Å². The Hall–Kier alpha value is -2.66. The van der Waals surface area contributed by atoms with Gasteiger partial charge in [-0.05, 0) is 61.7 Å². The van der Waals surface area contributed by atoms with Crippen LogP contribution in [-0.4, -0.2) is 9.97 Å². The highest BCUT2D eigenvalue weighted by atomic mass is 79.9. The molecule has 0 fully saturated rings. The van der Waals surface area contributed by atoms with Crippen molar-refractivity contribution >= 4 is 32.7 Å². The second-order valence-electron chi connectivity index (χ2n) is 6.93. The van der Waals surface area contributed by atoms with Crippen molar-refractivity contribution in [3.63, 3.8) is 0 Å². The van der Waals surface area contributed by atoms with Gasteiger partial charge in [0.05, 0.1) is 12.0 Å². The Balaban J connectivity index is 1.67. The fourth-order valence-electron chi connectivity index (χ4n) is 3.39. The lowest BCUT2D eigenvalue weighted by atomic mass is 10.1. The van der Waals surface area contributed by atoms with Gasteiger partial charge in [-0.25, -0.2) is 9.97 Å². The average molecular weight is 436 g/mol. The van der Waals surface area contributed by atoms with Crippen LogP contribution in [0.3, 0.4) is 0 Å². The predicted octanol–water partition coefficient (Wildman–Crippen LogP) is 6.70. The second kappa shape index (κ2) is 7.76. The molecule has 0 aliphatic carbocycles. The van der Waals surface area contributed by atoms with Gasteiger partial charge in [-0.2, -0.15) is 0 Å². The number of anilines is 1. The van der Waals surface area contributed by atoms with Crippen LogP contribution in [-0.2, 0) is 6.42 Å². The molecule has 0 aliphatic heterocycles. The Morgan fingerprint density at radius 2 is 1.96 bits per heavy atom. The number of aromatic nitrogens is 2. The lowest BCUT2D eigenvalue weighted by Crippen LogP contribution is -2.09. The van der Waals surface area contributed by atoms with Crippen molar-refractivity contribution in [3.05, 3.63) is 76.2 Å². The van der Waals surface area contributed by atoms with Crippen molar-refractivity contribution < 1.29 is 4.42 Å². The molecule has 0 radical (unpaired) electrons. The third kappa shape index (κ3) is 3.80. The minimum atomic E-state index is 0.127. The Kier molecular flexibility index (Phi) is 5.18. The van der Waals surface area contributed by atoms with Gasteiger partial charge in [0.2, 0.25) is 0 Å². The molecule has 1 unspecified atom stereocenters. The van der Waals surface area contributed by atoms with Crippen LogP contribution < -0.4 is 5.32 Å². The van der Waals surface area contributed by atoms with Gasteiger partial charge < -0.3 is 9.73 Å². The molecule has 1 N–H and O–H groups in total. The van der Waals surface area contributed by atoms with E-state index in [1.54, 1.807) is 0 Å². The first-order chi connectivity index (χ1) is 13.5. The number of furan rings is 1. The van der Waals surface area contributed by atoms with Gasteiger partial charge in [0.15, 0.2) is 0 Å². The molecule has 0 saturated carbocycles. The van der Waals surface area contributed by atoms with Gasteiger partial charge in [0.25, 0.3) is 0 Å². The summed E-state index contributed by atoms with van der Waals surface area (Å²) in [5.74, 6) is 1.56. The molecule has 4 nitrogen and oxygen atoms in total. The summed E-state index contributed by atoms with van der Waals surface area (Å²) in [7, 11) is 0. The third-order valence-corrected chi connectivity index (χ3v) is 5.37. The molecule has 0 saturated heterocycles. The quantitative estimate of drug-likeness (QED) is 0.378. The summed E-state index contributed by atoms with van der Waals surface area (Å²) in [6, 6.07) is 16.6. The van der Waals surface area contributed by atoms with Crippen LogP contribution >= 0.6 is 15.9 Å². The maximum atomic E-state index is 5.64. The Morgan fingerprint density at radius 1 is 1.11 bits per heavy atom. The molecule has 0 amide bonds. The standard InChI is InChI=1S/C23H22BrN3O/c1-4-16-13-28-22-9-8-18(11-20(16)22)21-12-23(27-15(3)26-21)25-14(2)17-6-5-7-19(24)10-17/h5-14H,4H2,1-3H3,(H,25,26,27). The zero-order chi connectivity index (χ0) is 19.7. The van der Waals surface area contributed by atoms with E-state index in [1.807, 2.05) is 37.5 Å². The number of rotatable bonds is 5. The van der Waals surface area contributed by atoms with E-state index < -0.39 is 0 Å². The number of hydrogen-bond acceptors (Lipinski definition) is 4. The summed E-state index contributed by atoms with van der Waals surface area (Å²) in [4.78, 5) is 9.24. The molecule has 28 heavy (non-hydrogen) atoms. The minimum absolute atomic E-state index is 0.127. The fourth-order valence-corrected chi connectivity index (χ4v) is 3.80. The van der Waals surface area contributed by atoms with E-state index in [-0.39, 0.29) is 6.04 Å². The van der Waals surface area contributed by atoms with Crippen molar-refractivity contribution in [3.8, 4) is 11.3 Å². The summed E-state index contributed by atoms with van der Waals surface area (Å²) in [5, 5.41) is 4.65. The maximum Gasteiger partial charge on any atom is 0.134 e. The fraction of sp³-hybridized carbons (Fsp3) is 0.217. The number of nitrogens with zero attached hydrogens (tertiary/aromatic N) is 2. The normalized spacial score (nSPS) is 12.3. The van der Waals surface area contributed by atoms with Crippen LogP contribution in [0, 0.1) is 6.92 Å². The van der Waals surface area contributed by atoms with Gasteiger partial charge in [-0.1, -0.05) is 35.0 Å². The third-order valence-electron chi connectivity index (χ3n) is 4.88. The molecular weight excluding hydrogens is 414 g/mol. The Morgan fingerprint density at radius 3 is 2.75 bits per heavy atom. The lowest BCUT2D eigenvalue weighted by Gasteiger charge is -2.16. The molecule has 1 atom stereocenters. The average Bonchev–Trinajstić information content (AvgIpc) is 3.09. The molecule has 4 rings (SSSR count). The maximum absolute atomic E-state index is 5.64. The molecule has 5 heteroatoms. The van der Waals surface area contributed by atoms with E-state index in [2.05, 4.69) is 69.3 Å². The molecule has 2 aromatic carbocycles. The zero-order valence-electron chi connectivity index (χ0n) is 16.2. The molecule has 0 aliphatic rings. The van der Waals surface area contributed by atoms with Crippen molar-refractivity contribution in [1.29, 1.82) is 0 Å². The monoisotopic (exact) mass is 435 g/mol. The topological polar surface area (TPSA) is 51.0 Å². The summed E-state index contributed by atoms with van der Waals surface area (Å²) in [6.45, 7) is 6.19. The van der Waals surface area contributed by atoms with Gasteiger partial charge in [0, 0.05) is 27.5 Å². The van der Waals surface area contributed by atoms with E-state index in [1.165, 1.54) is 11.1 Å². The van der Waals surface area contributed by atoms with Crippen LogP contribution in [0.5, 0.6) is 0 Å². The molecule has 0 spiro atoms. The minimum Gasteiger partial charge on any atom is -0.464 e. The Bertz CT molecular complexity index is 1140. The van der Waals surface area contributed by atoms with Crippen LogP contribution in [0.25, 0.3) is 22.2 Å². The second-order valence-corrected chi connectivity index (χ2v) is 7.85. The van der Waals surface area contributed by atoms with E-state index in [0.29, 0.717) is 0 Å². The SMILES string of the molecule is CCc1coc2ccc(-c3cc(NC(C)c4cccc(Br)c4)nc(C)n3)cc12. The van der Waals surface area contributed by atoms with Crippen LogP contribution in [0.4, 0.5) is 5.82 Å². The molecule has 0 bridgehead atoms. The van der Waals surface area contributed by atoms with Gasteiger partial charge >= 0.3 is 0 Å². The van der Waals surface area contributed by atoms with Crippen molar-refractivity contribution in [2.45, 2.75) is 33.2 Å². The zero-order valence-corrected chi connectivity index (χ0v) is 17.7. The smallest absolute Gasteiger partial charge is 0.134 e. The molecule has 2 aromatic heterocycles. The van der Waals surface area contributed by atoms with Gasteiger partial charge in [0.1, 0.15) is 17.2 Å². The Labute approximate surface area is 173 Å². The van der Waals surface area contributed by atoms with Crippen molar-refractivity contribution in [1.82, 2.24) is 9.97 Å². The van der Waals surface area contributed by atoms with Crippen molar-refractivity contribution in [2.24, 2.45) is 0 Å². The predicted molar refractivity (Wildman–Crippen MR) is 118 cm³/mol. The number of hydrogen-bond donors (Lipinski definition) is 1.